The van der Waals surface area contributed by atoms with E-state index in [1.165, 1.54) is 48.1 Å². The number of halogens is 1. The average Bonchev–Trinajstić information content (AvgIpc) is 3.46. The van der Waals surface area contributed by atoms with E-state index in [-0.39, 0.29) is 17.5 Å². The van der Waals surface area contributed by atoms with E-state index in [4.69, 9.17) is 0 Å². The van der Waals surface area contributed by atoms with Crippen molar-refractivity contribution in [1.82, 2.24) is 15.0 Å². The summed E-state index contributed by atoms with van der Waals surface area (Å²) in [6.45, 7) is 0.532. The monoisotopic (exact) mass is 445 g/mol. The van der Waals surface area contributed by atoms with Gasteiger partial charge in [-0.05, 0) is 42.3 Å². The Morgan fingerprint density at radius 1 is 1.12 bits per heavy atom. The van der Waals surface area contributed by atoms with Crippen LogP contribution in [0.25, 0.3) is 11.3 Å². The SMILES string of the molecule is O=C(Nc1nc(-c2ccc3c(c2)CCN3C(=O)c2cccc(F)c2)cs1)c1cnccn1. The third-order valence-electron chi connectivity index (χ3n) is 5.11. The van der Waals surface area contributed by atoms with Crippen LogP contribution in [0, 0.1) is 5.82 Å². The van der Waals surface area contributed by atoms with E-state index in [1.54, 1.807) is 11.0 Å². The minimum atomic E-state index is -0.434. The van der Waals surface area contributed by atoms with Gasteiger partial charge in [0.25, 0.3) is 11.8 Å². The molecule has 0 saturated heterocycles. The van der Waals surface area contributed by atoms with Crippen LogP contribution < -0.4 is 10.2 Å². The molecular formula is C23H16FN5O2S. The molecule has 4 aromatic rings. The molecular weight excluding hydrogens is 429 g/mol. The quantitative estimate of drug-likeness (QED) is 0.509. The van der Waals surface area contributed by atoms with Crippen LogP contribution in [-0.2, 0) is 6.42 Å². The van der Waals surface area contributed by atoms with Gasteiger partial charge in [-0.1, -0.05) is 12.1 Å². The molecule has 2 amide bonds. The highest BCUT2D eigenvalue weighted by Gasteiger charge is 2.26. The maximum Gasteiger partial charge on any atom is 0.277 e. The fourth-order valence-corrected chi connectivity index (χ4v) is 4.31. The summed E-state index contributed by atoms with van der Waals surface area (Å²) in [6, 6.07) is 11.5. The standard InChI is InChI=1S/C23H16FN5O2S/c24-17-3-1-2-16(11-17)22(31)29-9-6-15-10-14(4-5-20(15)29)19-13-32-23(27-19)28-21(30)18-12-25-7-8-26-18/h1-5,7-8,10-13H,6,9H2,(H,27,28,30). The Morgan fingerprint density at radius 3 is 2.84 bits per heavy atom. The van der Waals surface area contributed by atoms with Gasteiger partial charge in [0.2, 0.25) is 0 Å². The summed E-state index contributed by atoms with van der Waals surface area (Å²) in [6.07, 6.45) is 5.04. The zero-order valence-corrected chi connectivity index (χ0v) is 17.5. The molecule has 0 radical (unpaired) electrons. The first-order valence-electron chi connectivity index (χ1n) is 9.82. The zero-order chi connectivity index (χ0) is 22.1. The number of amides is 2. The minimum Gasteiger partial charge on any atom is -0.308 e. The molecule has 1 aliphatic heterocycles. The van der Waals surface area contributed by atoms with E-state index in [0.29, 0.717) is 23.7 Å². The first-order valence-corrected chi connectivity index (χ1v) is 10.7. The van der Waals surface area contributed by atoms with Gasteiger partial charge in [-0.15, -0.1) is 11.3 Å². The van der Waals surface area contributed by atoms with Crippen molar-refractivity contribution in [2.24, 2.45) is 0 Å². The first kappa shape index (κ1) is 20.0. The predicted octanol–water partition coefficient (Wildman–Crippen LogP) is 4.19. The number of anilines is 2. The number of carbonyl (C=O) groups is 2. The van der Waals surface area contributed by atoms with Crippen LogP contribution >= 0.6 is 11.3 Å². The third kappa shape index (κ3) is 3.85. The number of rotatable bonds is 4. The van der Waals surface area contributed by atoms with E-state index in [0.717, 1.165) is 22.5 Å². The Hall–Kier alpha value is -3.98. The highest BCUT2D eigenvalue weighted by molar-refractivity contribution is 7.14. The lowest BCUT2D eigenvalue weighted by molar-refractivity contribution is 0.0987. The van der Waals surface area contributed by atoms with E-state index in [9.17, 15) is 14.0 Å². The highest BCUT2D eigenvalue weighted by Crippen LogP contribution is 2.34. The molecule has 1 aliphatic rings. The molecule has 0 fully saturated rings. The Labute approximate surface area is 186 Å². The fourth-order valence-electron chi connectivity index (χ4n) is 3.59. The average molecular weight is 445 g/mol. The number of nitrogens with zero attached hydrogens (tertiary/aromatic N) is 4. The number of hydrogen-bond donors (Lipinski definition) is 1. The summed E-state index contributed by atoms with van der Waals surface area (Å²) < 4.78 is 13.5. The molecule has 2 aromatic heterocycles. The second-order valence-electron chi connectivity index (χ2n) is 7.14. The topological polar surface area (TPSA) is 88.1 Å². The number of benzene rings is 2. The van der Waals surface area contributed by atoms with Crippen LogP contribution in [-0.4, -0.2) is 33.3 Å². The van der Waals surface area contributed by atoms with Gasteiger partial charge < -0.3 is 4.90 Å². The molecule has 3 heterocycles. The number of nitrogens with one attached hydrogen (secondary N) is 1. The molecule has 32 heavy (non-hydrogen) atoms. The molecule has 0 bridgehead atoms. The van der Waals surface area contributed by atoms with Gasteiger partial charge >= 0.3 is 0 Å². The Morgan fingerprint density at radius 2 is 2.03 bits per heavy atom. The number of thiazole rings is 1. The van der Waals surface area contributed by atoms with Crippen molar-refractivity contribution in [3.05, 3.63) is 89.1 Å². The summed E-state index contributed by atoms with van der Waals surface area (Å²) in [5.74, 6) is -1.03. The number of fused-ring (bicyclic) bond motifs is 1. The van der Waals surface area contributed by atoms with Crippen molar-refractivity contribution in [2.75, 3.05) is 16.8 Å². The minimum absolute atomic E-state index is 0.213. The lowest BCUT2D eigenvalue weighted by atomic mass is 10.1. The van der Waals surface area contributed by atoms with E-state index >= 15 is 0 Å². The molecule has 7 nitrogen and oxygen atoms in total. The maximum absolute atomic E-state index is 13.5. The van der Waals surface area contributed by atoms with E-state index < -0.39 is 5.82 Å². The van der Waals surface area contributed by atoms with Gasteiger partial charge in [-0.2, -0.15) is 0 Å². The van der Waals surface area contributed by atoms with Crippen LogP contribution in [0.5, 0.6) is 0 Å². The summed E-state index contributed by atoms with van der Waals surface area (Å²) in [5.41, 5.74) is 3.98. The van der Waals surface area contributed by atoms with Gasteiger partial charge in [0.05, 0.1) is 11.9 Å². The van der Waals surface area contributed by atoms with Crippen LogP contribution in [0.4, 0.5) is 15.2 Å². The molecule has 0 atom stereocenters. The van der Waals surface area contributed by atoms with Crippen molar-refractivity contribution in [1.29, 1.82) is 0 Å². The lowest BCUT2D eigenvalue weighted by Crippen LogP contribution is -2.28. The smallest absolute Gasteiger partial charge is 0.277 e. The Bertz CT molecular complexity index is 1320. The molecule has 158 valence electrons. The van der Waals surface area contributed by atoms with Gasteiger partial charge in [0, 0.05) is 41.1 Å². The molecule has 9 heteroatoms. The highest BCUT2D eigenvalue weighted by atomic mass is 32.1. The Balaban J connectivity index is 1.34. The first-order chi connectivity index (χ1) is 15.6. The van der Waals surface area contributed by atoms with Crippen molar-refractivity contribution in [3.63, 3.8) is 0 Å². The van der Waals surface area contributed by atoms with Crippen molar-refractivity contribution in [3.8, 4) is 11.3 Å². The third-order valence-corrected chi connectivity index (χ3v) is 5.87. The summed E-state index contributed by atoms with van der Waals surface area (Å²) in [7, 11) is 0. The summed E-state index contributed by atoms with van der Waals surface area (Å²) >= 11 is 1.31. The molecule has 0 unspecified atom stereocenters. The molecule has 5 rings (SSSR count). The van der Waals surface area contributed by atoms with Gasteiger partial charge in [-0.25, -0.2) is 14.4 Å². The molecule has 2 aromatic carbocycles. The summed E-state index contributed by atoms with van der Waals surface area (Å²) in [4.78, 5) is 39.1. The molecule has 0 saturated carbocycles. The Kier molecular flexibility index (Phi) is 5.16. The largest absolute Gasteiger partial charge is 0.308 e. The van der Waals surface area contributed by atoms with Gasteiger partial charge in [0.1, 0.15) is 11.5 Å². The summed E-state index contributed by atoms with van der Waals surface area (Å²) in [5, 5.41) is 5.05. The normalized spacial score (nSPS) is 12.5. The lowest BCUT2D eigenvalue weighted by Gasteiger charge is -2.17. The number of carbonyl (C=O) groups excluding carboxylic acids is 2. The maximum atomic E-state index is 13.5. The molecule has 1 N–H and O–H groups in total. The zero-order valence-electron chi connectivity index (χ0n) is 16.7. The van der Waals surface area contributed by atoms with Gasteiger partial charge in [-0.3, -0.25) is 19.9 Å². The molecule has 0 spiro atoms. The van der Waals surface area contributed by atoms with Crippen molar-refractivity contribution < 1.29 is 14.0 Å². The van der Waals surface area contributed by atoms with E-state index in [2.05, 4.69) is 20.3 Å². The second kappa shape index (κ2) is 8.27. The van der Waals surface area contributed by atoms with Crippen molar-refractivity contribution >= 4 is 34.0 Å². The van der Waals surface area contributed by atoms with Crippen LogP contribution in [0.2, 0.25) is 0 Å². The van der Waals surface area contributed by atoms with Crippen LogP contribution in [0.1, 0.15) is 26.4 Å². The number of aromatic nitrogens is 3. The van der Waals surface area contributed by atoms with Crippen molar-refractivity contribution in [2.45, 2.75) is 6.42 Å². The second-order valence-corrected chi connectivity index (χ2v) is 8.00. The number of hydrogen-bond acceptors (Lipinski definition) is 6. The van der Waals surface area contributed by atoms with E-state index in [1.807, 2.05) is 23.6 Å². The predicted molar refractivity (Wildman–Crippen MR) is 119 cm³/mol. The fraction of sp³-hybridized carbons (Fsp3) is 0.0870. The van der Waals surface area contributed by atoms with Crippen LogP contribution in [0.3, 0.4) is 0 Å². The molecule has 0 aliphatic carbocycles. The van der Waals surface area contributed by atoms with Crippen LogP contribution in [0.15, 0.2) is 66.4 Å². The van der Waals surface area contributed by atoms with Gasteiger partial charge in [0.15, 0.2) is 5.13 Å².